The summed E-state index contributed by atoms with van der Waals surface area (Å²) in [6, 6.07) is 6.06. The van der Waals surface area contributed by atoms with Gasteiger partial charge in [0.15, 0.2) is 0 Å². The second-order valence-electron chi connectivity index (χ2n) is 4.93. The van der Waals surface area contributed by atoms with Gasteiger partial charge in [0.1, 0.15) is 24.0 Å². The first-order valence-electron chi connectivity index (χ1n) is 6.10. The lowest BCUT2D eigenvalue weighted by Crippen LogP contribution is -2.42. The van der Waals surface area contributed by atoms with Crippen molar-refractivity contribution in [3.8, 4) is 11.8 Å². The van der Waals surface area contributed by atoms with Crippen molar-refractivity contribution in [2.75, 3.05) is 13.2 Å². The van der Waals surface area contributed by atoms with Gasteiger partial charge in [-0.25, -0.2) is 0 Å². The van der Waals surface area contributed by atoms with Crippen LogP contribution in [0, 0.1) is 21.4 Å². The third kappa shape index (κ3) is 3.01. The summed E-state index contributed by atoms with van der Waals surface area (Å²) < 4.78 is 5.63. The number of nitro groups is 1. The number of nitrogens with one attached hydrogen (secondary N) is 1. The number of nitrogens with zero attached hydrogens (tertiary/aromatic N) is 2. The van der Waals surface area contributed by atoms with Gasteiger partial charge in [0.05, 0.1) is 4.92 Å². The molecule has 1 aliphatic rings. The summed E-state index contributed by atoms with van der Waals surface area (Å²) in [6.45, 7) is 3.54. The smallest absolute Gasteiger partial charge is 0.287 e. The van der Waals surface area contributed by atoms with Crippen LogP contribution < -0.4 is 10.1 Å². The molecule has 0 aliphatic carbocycles. The van der Waals surface area contributed by atoms with Crippen molar-refractivity contribution in [2.45, 2.75) is 25.3 Å². The van der Waals surface area contributed by atoms with Crippen molar-refractivity contribution in [3.63, 3.8) is 0 Å². The maximum absolute atomic E-state index is 10.7. The molecule has 0 saturated carbocycles. The highest BCUT2D eigenvalue weighted by atomic mass is 16.6. The molecule has 6 nitrogen and oxygen atoms in total. The van der Waals surface area contributed by atoms with Crippen LogP contribution in [0.15, 0.2) is 18.2 Å². The van der Waals surface area contributed by atoms with E-state index >= 15 is 0 Å². The molecule has 6 heteroatoms. The van der Waals surface area contributed by atoms with Gasteiger partial charge in [-0.15, -0.1) is 0 Å². The van der Waals surface area contributed by atoms with Gasteiger partial charge in [0.25, 0.3) is 5.69 Å². The number of nitriles is 1. The molecule has 19 heavy (non-hydrogen) atoms. The maximum Gasteiger partial charge on any atom is 0.287 e. The molecule has 0 radical (unpaired) electrons. The molecule has 0 unspecified atom stereocenters. The van der Waals surface area contributed by atoms with E-state index < -0.39 is 4.92 Å². The van der Waals surface area contributed by atoms with Crippen molar-refractivity contribution in [3.05, 3.63) is 33.9 Å². The molecule has 2 rings (SSSR count). The fourth-order valence-electron chi connectivity index (χ4n) is 2.18. The predicted molar refractivity (Wildman–Crippen MR) is 68.9 cm³/mol. The molecular formula is C13H15N3O3. The van der Waals surface area contributed by atoms with E-state index in [-0.39, 0.29) is 16.8 Å². The van der Waals surface area contributed by atoms with Gasteiger partial charge in [0, 0.05) is 17.7 Å². The van der Waals surface area contributed by atoms with Crippen LogP contribution in [0.25, 0.3) is 0 Å². The molecule has 0 bridgehead atoms. The summed E-state index contributed by atoms with van der Waals surface area (Å²) in [7, 11) is 0. The second kappa shape index (κ2) is 5.24. The molecule has 1 heterocycles. The summed E-state index contributed by atoms with van der Waals surface area (Å²) in [5, 5.41) is 23.0. The fraction of sp³-hybridized carbons (Fsp3) is 0.462. The number of ether oxygens (including phenoxy) is 1. The van der Waals surface area contributed by atoms with E-state index in [1.165, 1.54) is 18.2 Å². The average molecular weight is 261 g/mol. The number of benzene rings is 1. The van der Waals surface area contributed by atoms with Crippen LogP contribution >= 0.6 is 0 Å². The van der Waals surface area contributed by atoms with E-state index in [0.717, 1.165) is 19.4 Å². The first kappa shape index (κ1) is 13.3. The minimum atomic E-state index is -0.567. The molecule has 0 amide bonds. The van der Waals surface area contributed by atoms with Crippen LogP contribution in [0.1, 0.15) is 25.3 Å². The highest BCUT2D eigenvalue weighted by Gasteiger charge is 2.28. The van der Waals surface area contributed by atoms with Crippen LogP contribution in [-0.2, 0) is 0 Å². The standard InChI is InChI=1S/C13H15N3O3/c1-13(5-2-6-15-13)9-19-11-3-4-12(16(17)18)10(7-11)8-14/h3-4,7,15H,2,5-6,9H2,1H3/t13-/m0/s1. The summed E-state index contributed by atoms with van der Waals surface area (Å²) >= 11 is 0. The zero-order chi connectivity index (χ0) is 13.9. The third-order valence-corrected chi connectivity index (χ3v) is 3.30. The van der Waals surface area contributed by atoms with Crippen LogP contribution in [0.3, 0.4) is 0 Å². The predicted octanol–water partition coefficient (Wildman–Crippen LogP) is 1.99. The maximum atomic E-state index is 10.7. The second-order valence-corrected chi connectivity index (χ2v) is 4.93. The van der Waals surface area contributed by atoms with Crippen molar-refractivity contribution in [2.24, 2.45) is 0 Å². The van der Waals surface area contributed by atoms with Gasteiger partial charge in [-0.1, -0.05) is 0 Å². The average Bonchev–Trinajstić information content (AvgIpc) is 2.83. The van der Waals surface area contributed by atoms with E-state index in [9.17, 15) is 10.1 Å². The molecule has 0 aromatic heterocycles. The number of nitro benzene ring substituents is 1. The molecule has 0 spiro atoms. The first-order valence-corrected chi connectivity index (χ1v) is 6.10. The largest absolute Gasteiger partial charge is 0.492 e. The van der Waals surface area contributed by atoms with Gasteiger partial charge in [0.2, 0.25) is 0 Å². The monoisotopic (exact) mass is 261 g/mol. The van der Waals surface area contributed by atoms with Crippen molar-refractivity contribution >= 4 is 5.69 Å². The van der Waals surface area contributed by atoms with Gasteiger partial charge in [-0.05, 0) is 32.4 Å². The zero-order valence-electron chi connectivity index (χ0n) is 10.7. The Balaban J connectivity index is 2.09. The van der Waals surface area contributed by atoms with E-state index in [2.05, 4.69) is 12.2 Å². The summed E-state index contributed by atoms with van der Waals surface area (Å²) in [6.07, 6.45) is 2.15. The summed E-state index contributed by atoms with van der Waals surface area (Å²) in [4.78, 5) is 10.1. The quantitative estimate of drug-likeness (QED) is 0.661. The van der Waals surface area contributed by atoms with E-state index in [4.69, 9.17) is 10.00 Å². The normalized spacial score (nSPS) is 21.9. The molecule has 1 saturated heterocycles. The number of hydrogen-bond donors (Lipinski definition) is 1. The highest BCUT2D eigenvalue weighted by Crippen LogP contribution is 2.25. The van der Waals surface area contributed by atoms with Crippen molar-refractivity contribution in [1.29, 1.82) is 5.26 Å². The minimum Gasteiger partial charge on any atom is -0.492 e. The van der Waals surface area contributed by atoms with Crippen LogP contribution in [0.4, 0.5) is 5.69 Å². The third-order valence-electron chi connectivity index (χ3n) is 3.30. The van der Waals surface area contributed by atoms with Crippen molar-refractivity contribution < 1.29 is 9.66 Å². The first-order chi connectivity index (χ1) is 9.04. The van der Waals surface area contributed by atoms with Crippen LogP contribution in [-0.4, -0.2) is 23.6 Å². The number of hydrogen-bond acceptors (Lipinski definition) is 5. The lowest BCUT2D eigenvalue weighted by molar-refractivity contribution is -0.385. The molecule has 1 N–H and O–H groups in total. The Labute approximate surface area is 111 Å². The minimum absolute atomic E-state index is 0.0204. The Kier molecular flexibility index (Phi) is 3.67. The van der Waals surface area contributed by atoms with E-state index in [0.29, 0.717) is 12.4 Å². The molecule has 1 atom stereocenters. The Morgan fingerprint density at radius 2 is 2.42 bits per heavy atom. The van der Waals surface area contributed by atoms with Gasteiger partial charge in [-0.2, -0.15) is 5.26 Å². The lowest BCUT2D eigenvalue weighted by atomic mass is 10.0. The molecule has 1 aromatic rings. The SMILES string of the molecule is C[C@@]1(COc2ccc([N+](=O)[O-])c(C#N)c2)CCCN1. The zero-order valence-corrected chi connectivity index (χ0v) is 10.7. The Morgan fingerprint density at radius 1 is 1.63 bits per heavy atom. The molecule has 1 aliphatic heterocycles. The van der Waals surface area contributed by atoms with Crippen LogP contribution in [0.2, 0.25) is 0 Å². The Hall–Kier alpha value is -2.13. The fourth-order valence-corrected chi connectivity index (χ4v) is 2.18. The Morgan fingerprint density at radius 3 is 3.00 bits per heavy atom. The summed E-state index contributed by atoms with van der Waals surface area (Å²) in [5.41, 5.74) is -0.235. The molecular weight excluding hydrogens is 246 g/mol. The molecule has 100 valence electrons. The van der Waals surface area contributed by atoms with Crippen LogP contribution in [0.5, 0.6) is 5.75 Å². The Bertz CT molecular complexity index is 530. The van der Waals surface area contributed by atoms with E-state index in [1.807, 2.05) is 6.07 Å². The highest BCUT2D eigenvalue weighted by molar-refractivity contribution is 5.52. The van der Waals surface area contributed by atoms with Gasteiger partial charge in [-0.3, -0.25) is 10.1 Å². The van der Waals surface area contributed by atoms with E-state index in [1.54, 1.807) is 0 Å². The van der Waals surface area contributed by atoms with Gasteiger partial charge < -0.3 is 10.1 Å². The summed E-state index contributed by atoms with van der Waals surface area (Å²) in [5.74, 6) is 0.483. The number of rotatable bonds is 4. The topological polar surface area (TPSA) is 88.2 Å². The lowest BCUT2D eigenvalue weighted by Gasteiger charge is -2.24. The van der Waals surface area contributed by atoms with Gasteiger partial charge >= 0.3 is 0 Å². The molecule has 1 fully saturated rings. The molecule has 1 aromatic carbocycles. The van der Waals surface area contributed by atoms with Crippen molar-refractivity contribution in [1.82, 2.24) is 5.32 Å².